The van der Waals surface area contributed by atoms with E-state index in [4.69, 9.17) is 37.4 Å². The summed E-state index contributed by atoms with van der Waals surface area (Å²) in [5.41, 5.74) is 0.0249. The van der Waals surface area contributed by atoms with Crippen molar-refractivity contribution in [2.45, 2.75) is 0 Å². The van der Waals surface area contributed by atoms with Crippen molar-refractivity contribution in [1.82, 2.24) is 5.32 Å². The number of carbonyl (C=O) groups is 3. The van der Waals surface area contributed by atoms with Gasteiger partial charge in [0.2, 0.25) is 0 Å². The highest BCUT2D eigenvalue weighted by Gasteiger charge is 2.38. The van der Waals surface area contributed by atoms with Crippen molar-refractivity contribution in [2.24, 2.45) is 0 Å². The van der Waals surface area contributed by atoms with Crippen LogP contribution in [0.25, 0.3) is 6.08 Å². The standard InChI is InChI=1S/C20H16Cl2N2O6/c1-28-10-7-15(29-2)11(16(8-10)30-3)9-12-18(25)23-20(27)24(19(12)26)14-6-4-5-13(21)17(14)22/h4-9H,1-3H3,(H,23,25,27)/b12-9+. The Bertz CT molecular complexity index is 1060. The van der Waals surface area contributed by atoms with Gasteiger partial charge in [-0.3, -0.25) is 14.9 Å². The van der Waals surface area contributed by atoms with E-state index in [2.05, 4.69) is 5.32 Å². The molecule has 1 saturated heterocycles. The number of amides is 4. The Labute approximate surface area is 181 Å². The molecule has 30 heavy (non-hydrogen) atoms. The maximum Gasteiger partial charge on any atom is 0.336 e. The van der Waals surface area contributed by atoms with Gasteiger partial charge in [0, 0.05) is 12.1 Å². The first-order chi connectivity index (χ1) is 14.3. The van der Waals surface area contributed by atoms with E-state index in [-0.39, 0.29) is 21.3 Å². The Morgan fingerprint density at radius 2 is 1.60 bits per heavy atom. The minimum absolute atomic E-state index is 0.00373. The molecule has 10 heteroatoms. The molecule has 3 rings (SSSR count). The quantitative estimate of drug-likeness (QED) is 0.551. The van der Waals surface area contributed by atoms with Crippen LogP contribution in [0.2, 0.25) is 10.0 Å². The maximum absolute atomic E-state index is 13.1. The molecule has 2 aromatic rings. The summed E-state index contributed by atoms with van der Waals surface area (Å²) in [5, 5.41) is 2.27. The monoisotopic (exact) mass is 450 g/mol. The fraction of sp³-hybridized carbons (Fsp3) is 0.150. The van der Waals surface area contributed by atoms with Crippen LogP contribution in [0.3, 0.4) is 0 Å². The van der Waals surface area contributed by atoms with Crippen LogP contribution in [-0.2, 0) is 9.59 Å². The van der Waals surface area contributed by atoms with Gasteiger partial charge in [-0.05, 0) is 18.2 Å². The van der Waals surface area contributed by atoms with Crippen LogP contribution in [-0.4, -0.2) is 39.2 Å². The van der Waals surface area contributed by atoms with Crippen LogP contribution in [0, 0.1) is 0 Å². The summed E-state index contributed by atoms with van der Waals surface area (Å²) in [4.78, 5) is 38.7. The summed E-state index contributed by atoms with van der Waals surface area (Å²) in [5.74, 6) is -0.716. The summed E-state index contributed by atoms with van der Waals surface area (Å²) in [6.07, 6.45) is 1.27. The molecule has 8 nitrogen and oxygen atoms in total. The summed E-state index contributed by atoms with van der Waals surface area (Å²) >= 11 is 12.2. The topological polar surface area (TPSA) is 94.2 Å². The predicted octanol–water partition coefficient (Wildman–Crippen LogP) is 3.69. The normalized spacial score (nSPS) is 15.3. The van der Waals surface area contributed by atoms with Crippen molar-refractivity contribution >= 4 is 52.8 Å². The first kappa shape index (κ1) is 21.5. The van der Waals surface area contributed by atoms with E-state index in [1.807, 2.05) is 0 Å². The summed E-state index contributed by atoms with van der Waals surface area (Å²) < 4.78 is 15.9. The Hall–Kier alpha value is -3.23. The minimum atomic E-state index is -0.944. The number of rotatable bonds is 5. The first-order valence-corrected chi connectivity index (χ1v) is 9.23. The molecular weight excluding hydrogens is 435 g/mol. The molecule has 0 aliphatic carbocycles. The average molecular weight is 451 g/mol. The van der Waals surface area contributed by atoms with Crippen molar-refractivity contribution in [2.75, 3.05) is 26.2 Å². The Morgan fingerprint density at radius 1 is 0.967 bits per heavy atom. The van der Waals surface area contributed by atoms with Gasteiger partial charge in [-0.15, -0.1) is 0 Å². The molecule has 0 unspecified atom stereocenters. The smallest absolute Gasteiger partial charge is 0.336 e. The molecule has 0 aromatic heterocycles. The SMILES string of the molecule is COc1cc(OC)c(/C=C2\C(=O)NC(=O)N(c3cccc(Cl)c3Cl)C2=O)c(OC)c1. The Balaban J connectivity index is 2.15. The molecule has 0 bridgehead atoms. The Kier molecular flexibility index (Phi) is 6.19. The van der Waals surface area contributed by atoms with Gasteiger partial charge >= 0.3 is 6.03 Å². The number of hydrogen-bond acceptors (Lipinski definition) is 6. The number of nitrogens with one attached hydrogen (secondary N) is 1. The molecule has 2 aromatic carbocycles. The highest BCUT2D eigenvalue weighted by atomic mass is 35.5. The van der Waals surface area contributed by atoms with E-state index in [1.165, 1.54) is 45.6 Å². The van der Waals surface area contributed by atoms with Crippen LogP contribution < -0.4 is 24.4 Å². The van der Waals surface area contributed by atoms with Crippen molar-refractivity contribution < 1.29 is 28.6 Å². The number of ether oxygens (including phenoxy) is 3. The van der Waals surface area contributed by atoms with Crippen molar-refractivity contribution in [3.05, 3.63) is 51.5 Å². The average Bonchev–Trinajstić information content (AvgIpc) is 2.73. The zero-order valence-electron chi connectivity index (χ0n) is 16.1. The lowest BCUT2D eigenvalue weighted by molar-refractivity contribution is -0.122. The van der Waals surface area contributed by atoms with Gasteiger partial charge in [0.15, 0.2) is 0 Å². The largest absolute Gasteiger partial charge is 0.496 e. The number of hydrogen-bond donors (Lipinski definition) is 1. The highest BCUT2D eigenvalue weighted by molar-refractivity contribution is 6.46. The van der Waals surface area contributed by atoms with Gasteiger partial charge in [-0.2, -0.15) is 0 Å². The lowest BCUT2D eigenvalue weighted by atomic mass is 10.0. The molecule has 1 aliphatic rings. The van der Waals surface area contributed by atoms with E-state index in [1.54, 1.807) is 12.1 Å². The molecule has 1 heterocycles. The third kappa shape index (κ3) is 3.79. The molecule has 4 amide bonds. The zero-order valence-corrected chi connectivity index (χ0v) is 17.6. The Morgan fingerprint density at radius 3 is 2.17 bits per heavy atom. The molecule has 1 fully saturated rings. The van der Waals surface area contributed by atoms with Gasteiger partial charge in [0.05, 0.1) is 42.6 Å². The zero-order chi connectivity index (χ0) is 22.0. The second kappa shape index (κ2) is 8.64. The number of anilines is 1. The van der Waals surface area contributed by atoms with E-state index in [0.717, 1.165) is 4.90 Å². The molecule has 0 radical (unpaired) electrons. The molecule has 1 N–H and O–H groups in total. The molecule has 0 spiro atoms. The second-order valence-corrected chi connectivity index (χ2v) is 6.76. The highest BCUT2D eigenvalue weighted by Crippen LogP contribution is 2.38. The van der Waals surface area contributed by atoms with Gasteiger partial charge in [-0.1, -0.05) is 29.3 Å². The van der Waals surface area contributed by atoms with Crippen molar-refractivity contribution in [3.8, 4) is 17.2 Å². The van der Waals surface area contributed by atoms with E-state index in [9.17, 15) is 14.4 Å². The number of halogens is 2. The van der Waals surface area contributed by atoms with Crippen LogP contribution in [0.5, 0.6) is 17.2 Å². The van der Waals surface area contributed by atoms with Gasteiger partial charge in [0.25, 0.3) is 11.8 Å². The fourth-order valence-electron chi connectivity index (χ4n) is 2.86. The maximum atomic E-state index is 13.1. The van der Waals surface area contributed by atoms with Crippen molar-refractivity contribution in [1.29, 1.82) is 0 Å². The number of barbiturate groups is 1. The molecular formula is C20H16Cl2N2O6. The van der Waals surface area contributed by atoms with Crippen LogP contribution in [0.1, 0.15) is 5.56 Å². The van der Waals surface area contributed by atoms with E-state index >= 15 is 0 Å². The van der Waals surface area contributed by atoms with E-state index in [0.29, 0.717) is 22.8 Å². The van der Waals surface area contributed by atoms with Crippen LogP contribution >= 0.6 is 23.2 Å². The molecule has 0 saturated carbocycles. The molecule has 156 valence electrons. The number of nitrogens with zero attached hydrogens (tertiary/aromatic N) is 1. The number of carbonyl (C=O) groups excluding carboxylic acids is 3. The van der Waals surface area contributed by atoms with Gasteiger partial charge in [0.1, 0.15) is 22.8 Å². The first-order valence-electron chi connectivity index (χ1n) is 8.47. The lowest BCUT2D eigenvalue weighted by Crippen LogP contribution is -2.54. The fourth-order valence-corrected chi connectivity index (χ4v) is 3.24. The predicted molar refractivity (Wildman–Crippen MR) is 112 cm³/mol. The number of urea groups is 1. The molecule has 1 aliphatic heterocycles. The summed E-state index contributed by atoms with van der Waals surface area (Å²) in [6.45, 7) is 0. The number of benzene rings is 2. The summed E-state index contributed by atoms with van der Waals surface area (Å²) in [6, 6.07) is 6.66. The number of imide groups is 2. The second-order valence-electron chi connectivity index (χ2n) is 5.98. The molecule has 0 atom stereocenters. The minimum Gasteiger partial charge on any atom is -0.496 e. The van der Waals surface area contributed by atoms with Crippen molar-refractivity contribution in [3.63, 3.8) is 0 Å². The van der Waals surface area contributed by atoms with Gasteiger partial charge < -0.3 is 14.2 Å². The van der Waals surface area contributed by atoms with E-state index < -0.39 is 17.8 Å². The van der Waals surface area contributed by atoms with Crippen LogP contribution in [0.15, 0.2) is 35.9 Å². The summed E-state index contributed by atoms with van der Waals surface area (Å²) in [7, 11) is 4.31. The third-order valence-corrected chi connectivity index (χ3v) is 5.12. The number of methoxy groups -OCH3 is 3. The van der Waals surface area contributed by atoms with Gasteiger partial charge in [-0.25, -0.2) is 9.69 Å². The lowest BCUT2D eigenvalue weighted by Gasteiger charge is -2.27. The van der Waals surface area contributed by atoms with Crippen LogP contribution in [0.4, 0.5) is 10.5 Å². The third-order valence-electron chi connectivity index (χ3n) is 4.32.